The fraction of sp³-hybridized carbons (Fsp3) is 0.111. The van der Waals surface area contributed by atoms with Gasteiger partial charge in [0.15, 0.2) is 0 Å². The first-order valence-corrected chi connectivity index (χ1v) is 8.36. The van der Waals surface area contributed by atoms with E-state index in [1.807, 2.05) is 0 Å². The van der Waals surface area contributed by atoms with Gasteiger partial charge in [0.2, 0.25) is 0 Å². The van der Waals surface area contributed by atoms with E-state index >= 15 is 0 Å². The maximum Gasteiger partial charge on any atom is 0.256 e. The van der Waals surface area contributed by atoms with Crippen molar-refractivity contribution in [2.75, 3.05) is 6.54 Å². The molecule has 8 heteroatoms. The van der Waals surface area contributed by atoms with Gasteiger partial charge in [-0.1, -0.05) is 29.3 Å². The number of benzene rings is 1. The minimum absolute atomic E-state index is 0.0166. The molecule has 1 aromatic carbocycles. The Hall–Kier alpha value is -2.70. The van der Waals surface area contributed by atoms with E-state index in [1.54, 1.807) is 30.3 Å². The van der Waals surface area contributed by atoms with Gasteiger partial charge in [0, 0.05) is 34.5 Å². The van der Waals surface area contributed by atoms with E-state index in [1.165, 1.54) is 12.4 Å². The molecule has 0 atom stereocenters. The van der Waals surface area contributed by atoms with Crippen molar-refractivity contribution in [1.82, 2.24) is 10.3 Å². The molecule has 0 aliphatic heterocycles. The second-order valence-electron chi connectivity index (χ2n) is 5.31. The summed E-state index contributed by atoms with van der Waals surface area (Å²) in [6.07, 6.45) is 4.62. The van der Waals surface area contributed by atoms with Crippen LogP contribution in [-0.2, 0) is 16.0 Å². The molecule has 2 aromatic rings. The zero-order chi connectivity index (χ0) is 19.1. The monoisotopic (exact) mass is 390 g/mol. The van der Waals surface area contributed by atoms with Crippen LogP contribution in [-0.4, -0.2) is 29.1 Å². The first kappa shape index (κ1) is 19.6. The molecular formula is C18H16Cl2N4O2. The minimum Gasteiger partial charge on any atom is -0.365 e. The van der Waals surface area contributed by atoms with E-state index in [0.29, 0.717) is 22.0 Å². The summed E-state index contributed by atoms with van der Waals surface area (Å²) in [5, 5.41) is 11.6. The highest BCUT2D eigenvalue weighted by molar-refractivity contribution is 6.35. The summed E-state index contributed by atoms with van der Waals surface area (Å²) in [6, 6.07) is 8.27. The number of nitrogens with one attached hydrogen (secondary N) is 2. The van der Waals surface area contributed by atoms with E-state index in [-0.39, 0.29) is 17.8 Å². The third-order valence-corrected chi connectivity index (χ3v) is 4.07. The molecule has 0 fully saturated rings. The van der Waals surface area contributed by atoms with Crippen molar-refractivity contribution >= 4 is 40.7 Å². The molecule has 2 amide bonds. The zero-order valence-electron chi connectivity index (χ0n) is 13.6. The van der Waals surface area contributed by atoms with Crippen molar-refractivity contribution in [3.8, 4) is 0 Å². The highest BCUT2D eigenvalue weighted by Gasteiger charge is 2.16. The van der Waals surface area contributed by atoms with Gasteiger partial charge in [-0.05, 0) is 42.3 Å². The third-order valence-electron chi connectivity index (χ3n) is 3.49. The normalized spacial score (nSPS) is 11.1. The molecule has 0 bridgehead atoms. The fourth-order valence-electron chi connectivity index (χ4n) is 2.14. The SMILES string of the molecule is N=C(C=C(C(N)=O)C(=O)NCCc1ccc(Cl)cc1Cl)c1ccncc1. The molecule has 4 N–H and O–H groups in total. The molecule has 0 unspecified atom stereocenters. The number of carbonyl (C=O) groups is 2. The molecule has 0 spiro atoms. The molecule has 0 saturated heterocycles. The lowest BCUT2D eigenvalue weighted by Gasteiger charge is -2.08. The molecule has 26 heavy (non-hydrogen) atoms. The molecule has 6 nitrogen and oxygen atoms in total. The number of hydrogen-bond acceptors (Lipinski definition) is 4. The Morgan fingerprint density at radius 2 is 1.88 bits per heavy atom. The quantitative estimate of drug-likeness (QED) is 0.292. The van der Waals surface area contributed by atoms with Gasteiger partial charge in [0.25, 0.3) is 11.8 Å². The van der Waals surface area contributed by atoms with Gasteiger partial charge in [-0.15, -0.1) is 0 Å². The van der Waals surface area contributed by atoms with Crippen LogP contribution in [0.4, 0.5) is 0 Å². The Morgan fingerprint density at radius 3 is 2.50 bits per heavy atom. The van der Waals surface area contributed by atoms with Crippen molar-refractivity contribution in [3.05, 3.63) is 75.5 Å². The largest absolute Gasteiger partial charge is 0.365 e. The number of pyridine rings is 1. The second-order valence-corrected chi connectivity index (χ2v) is 6.16. The average Bonchev–Trinajstić information content (AvgIpc) is 2.61. The molecule has 0 aliphatic carbocycles. The lowest BCUT2D eigenvalue weighted by molar-refractivity contribution is -0.122. The summed E-state index contributed by atoms with van der Waals surface area (Å²) >= 11 is 11.9. The Morgan fingerprint density at radius 1 is 1.19 bits per heavy atom. The van der Waals surface area contributed by atoms with E-state index in [2.05, 4.69) is 10.3 Å². The van der Waals surface area contributed by atoms with Crippen LogP contribution >= 0.6 is 23.2 Å². The van der Waals surface area contributed by atoms with Crippen LogP contribution in [0.5, 0.6) is 0 Å². The van der Waals surface area contributed by atoms with Gasteiger partial charge in [0.1, 0.15) is 5.57 Å². The van der Waals surface area contributed by atoms with Gasteiger partial charge in [0.05, 0.1) is 5.71 Å². The smallest absolute Gasteiger partial charge is 0.256 e. The Kier molecular flexibility index (Phi) is 6.89. The predicted molar refractivity (Wildman–Crippen MR) is 102 cm³/mol. The second kappa shape index (κ2) is 9.12. The molecule has 134 valence electrons. The molecule has 1 heterocycles. The van der Waals surface area contributed by atoms with Crippen LogP contribution < -0.4 is 11.1 Å². The summed E-state index contributed by atoms with van der Waals surface area (Å²) in [5.41, 5.74) is 6.29. The number of allylic oxidation sites excluding steroid dienone is 1. The van der Waals surface area contributed by atoms with Crippen molar-refractivity contribution in [2.45, 2.75) is 6.42 Å². The number of rotatable bonds is 7. The van der Waals surface area contributed by atoms with E-state index < -0.39 is 11.8 Å². The number of halogens is 2. The fourth-order valence-corrected chi connectivity index (χ4v) is 2.64. The van der Waals surface area contributed by atoms with Crippen molar-refractivity contribution in [2.24, 2.45) is 5.73 Å². The van der Waals surface area contributed by atoms with Crippen LogP contribution in [0.25, 0.3) is 0 Å². The number of nitrogens with two attached hydrogens (primary N) is 1. The van der Waals surface area contributed by atoms with Gasteiger partial charge in [-0.25, -0.2) is 0 Å². The van der Waals surface area contributed by atoms with Gasteiger partial charge >= 0.3 is 0 Å². The summed E-state index contributed by atoms with van der Waals surface area (Å²) < 4.78 is 0. The van der Waals surface area contributed by atoms with E-state index in [9.17, 15) is 9.59 Å². The number of aromatic nitrogens is 1. The van der Waals surface area contributed by atoms with Crippen LogP contribution in [0.15, 0.2) is 54.4 Å². The lowest BCUT2D eigenvalue weighted by Crippen LogP contribution is -2.33. The standard InChI is InChI=1S/C18H16Cl2N4O2/c19-13-2-1-11(15(20)9-13)5-8-24-18(26)14(17(22)25)10-16(21)12-3-6-23-7-4-12/h1-4,6-7,9-10,21H,5,8H2,(H2,22,25)(H,24,26). The summed E-state index contributed by atoms with van der Waals surface area (Å²) in [4.78, 5) is 27.7. The maximum absolute atomic E-state index is 12.2. The predicted octanol–water partition coefficient (Wildman–Crippen LogP) is 2.53. The summed E-state index contributed by atoms with van der Waals surface area (Å²) in [6.45, 7) is 0.243. The topological polar surface area (TPSA) is 109 Å². The van der Waals surface area contributed by atoms with Crippen molar-refractivity contribution < 1.29 is 9.59 Å². The van der Waals surface area contributed by atoms with Crippen LogP contribution in [0.1, 0.15) is 11.1 Å². The van der Waals surface area contributed by atoms with E-state index in [4.69, 9.17) is 34.3 Å². The number of hydrogen-bond donors (Lipinski definition) is 3. The number of nitrogens with zero attached hydrogens (tertiary/aromatic N) is 1. The minimum atomic E-state index is -0.911. The first-order valence-electron chi connectivity index (χ1n) is 7.61. The van der Waals surface area contributed by atoms with Gasteiger partial charge in [-0.2, -0.15) is 0 Å². The zero-order valence-corrected chi connectivity index (χ0v) is 15.1. The summed E-state index contributed by atoms with van der Waals surface area (Å²) in [7, 11) is 0. The number of amides is 2. The van der Waals surface area contributed by atoms with E-state index in [0.717, 1.165) is 11.6 Å². The van der Waals surface area contributed by atoms with Crippen LogP contribution in [0.2, 0.25) is 10.0 Å². The molecule has 0 saturated carbocycles. The maximum atomic E-state index is 12.2. The van der Waals surface area contributed by atoms with Crippen LogP contribution in [0.3, 0.4) is 0 Å². The number of primary amides is 1. The molecule has 2 rings (SSSR count). The van der Waals surface area contributed by atoms with Gasteiger partial charge in [-0.3, -0.25) is 14.6 Å². The molecular weight excluding hydrogens is 375 g/mol. The molecule has 1 aromatic heterocycles. The third kappa shape index (κ3) is 5.40. The average molecular weight is 391 g/mol. The van der Waals surface area contributed by atoms with Crippen molar-refractivity contribution in [3.63, 3.8) is 0 Å². The van der Waals surface area contributed by atoms with Crippen LogP contribution in [0, 0.1) is 5.41 Å². The number of carbonyl (C=O) groups excluding carboxylic acids is 2. The lowest BCUT2D eigenvalue weighted by atomic mass is 10.1. The summed E-state index contributed by atoms with van der Waals surface area (Å²) in [5.74, 6) is -1.56. The van der Waals surface area contributed by atoms with Gasteiger partial charge < -0.3 is 16.5 Å². The Bertz CT molecular complexity index is 867. The molecule has 0 aliphatic rings. The van der Waals surface area contributed by atoms with Crippen molar-refractivity contribution in [1.29, 1.82) is 5.41 Å². The highest BCUT2D eigenvalue weighted by atomic mass is 35.5. The highest BCUT2D eigenvalue weighted by Crippen LogP contribution is 2.21. The Labute approximate surface area is 160 Å². The molecule has 0 radical (unpaired) electrons. The Balaban J connectivity index is 2.03. The first-order chi connectivity index (χ1) is 12.4.